The van der Waals surface area contributed by atoms with Crippen LogP contribution < -0.4 is 5.32 Å². The van der Waals surface area contributed by atoms with Gasteiger partial charge in [-0.3, -0.25) is 9.69 Å². The molecule has 35 heavy (non-hydrogen) atoms. The fourth-order valence-electron chi connectivity index (χ4n) is 4.50. The molecule has 2 aromatic carbocycles. The molecule has 2 heterocycles. The number of hydrogen-bond acceptors (Lipinski definition) is 4. The average Bonchev–Trinajstić information content (AvgIpc) is 3.49. The van der Waals surface area contributed by atoms with Gasteiger partial charge in [0.05, 0.1) is 6.42 Å². The standard InChI is InChI=1S/C26H29F3N4O2/c1-32-15-12-30-24(32)25(35,26(27,28)29)16-23(34)31-17-21-6-2-3-7-22(21)20-10-8-19(9-11-20)18-33-13-4-5-14-33/h2-3,6-12,15,35H,4-5,13-14,16-18H2,1H3,(H,31,34). The molecule has 0 aliphatic carbocycles. The Morgan fingerprint density at radius 1 is 1.09 bits per heavy atom. The van der Waals surface area contributed by atoms with Crippen LogP contribution in [0, 0.1) is 0 Å². The maximum atomic E-state index is 13.7. The van der Waals surface area contributed by atoms with E-state index in [1.54, 1.807) is 0 Å². The van der Waals surface area contributed by atoms with Gasteiger partial charge in [0.1, 0.15) is 0 Å². The van der Waals surface area contributed by atoms with Gasteiger partial charge in [-0.1, -0.05) is 48.5 Å². The van der Waals surface area contributed by atoms with E-state index in [-0.39, 0.29) is 6.54 Å². The number of rotatable bonds is 8. The maximum Gasteiger partial charge on any atom is 0.425 e. The summed E-state index contributed by atoms with van der Waals surface area (Å²) in [6, 6.07) is 15.6. The Morgan fingerprint density at radius 2 is 1.77 bits per heavy atom. The highest BCUT2D eigenvalue weighted by atomic mass is 19.4. The van der Waals surface area contributed by atoms with Crippen LogP contribution >= 0.6 is 0 Å². The molecule has 9 heteroatoms. The molecule has 0 saturated carbocycles. The van der Waals surface area contributed by atoms with Crippen LogP contribution in [-0.2, 0) is 30.5 Å². The molecule has 1 saturated heterocycles. The van der Waals surface area contributed by atoms with Crippen LogP contribution in [-0.4, -0.2) is 44.7 Å². The van der Waals surface area contributed by atoms with Gasteiger partial charge in [-0.25, -0.2) is 4.98 Å². The number of halogens is 3. The maximum absolute atomic E-state index is 13.7. The van der Waals surface area contributed by atoms with E-state index in [2.05, 4.69) is 27.3 Å². The van der Waals surface area contributed by atoms with E-state index < -0.39 is 29.9 Å². The molecule has 6 nitrogen and oxygen atoms in total. The van der Waals surface area contributed by atoms with Crippen molar-refractivity contribution in [2.45, 2.75) is 44.1 Å². The number of hydrogen-bond donors (Lipinski definition) is 2. The minimum absolute atomic E-state index is 0.0268. The lowest BCUT2D eigenvalue weighted by molar-refractivity contribution is -0.271. The first-order valence-corrected chi connectivity index (χ1v) is 11.6. The van der Waals surface area contributed by atoms with E-state index in [0.29, 0.717) is 0 Å². The molecule has 1 unspecified atom stereocenters. The lowest BCUT2D eigenvalue weighted by Crippen LogP contribution is -2.47. The van der Waals surface area contributed by atoms with E-state index >= 15 is 0 Å². The first kappa shape index (κ1) is 24.9. The minimum Gasteiger partial charge on any atom is -0.374 e. The molecule has 4 rings (SSSR count). The number of benzene rings is 2. The van der Waals surface area contributed by atoms with Crippen LogP contribution in [0.1, 0.15) is 36.2 Å². The van der Waals surface area contributed by atoms with Gasteiger partial charge < -0.3 is 15.0 Å². The molecule has 1 aromatic heterocycles. The van der Waals surface area contributed by atoms with Crippen molar-refractivity contribution in [2.24, 2.45) is 7.05 Å². The largest absolute Gasteiger partial charge is 0.425 e. The summed E-state index contributed by atoms with van der Waals surface area (Å²) in [7, 11) is 1.34. The van der Waals surface area contributed by atoms with Gasteiger partial charge in [0.25, 0.3) is 0 Å². The van der Waals surface area contributed by atoms with Crippen LogP contribution in [0.2, 0.25) is 0 Å². The molecular weight excluding hydrogens is 457 g/mol. The van der Waals surface area contributed by atoms with E-state index in [1.165, 1.54) is 31.6 Å². The fraction of sp³-hybridized carbons (Fsp3) is 0.385. The van der Waals surface area contributed by atoms with E-state index in [4.69, 9.17) is 0 Å². The quantitative estimate of drug-likeness (QED) is 0.502. The van der Waals surface area contributed by atoms with Crippen molar-refractivity contribution >= 4 is 5.91 Å². The Labute approximate surface area is 202 Å². The summed E-state index contributed by atoms with van der Waals surface area (Å²) in [6.45, 7) is 3.18. The van der Waals surface area contributed by atoms with Gasteiger partial charge in [-0.05, 0) is 48.2 Å². The molecule has 0 radical (unpaired) electrons. The number of amides is 1. The van der Waals surface area contributed by atoms with Gasteiger partial charge in [-0.15, -0.1) is 0 Å². The third-order valence-corrected chi connectivity index (χ3v) is 6.44. The van der Waals surface area contributed by atoms with Crippen molar-refractivity contribution in [3.05, 3.63) is 77.9 Å². The van der Waals surface area contributed by atoms with Crippen molar-refractivity contribution in [1.29, 1.82) is 0 Å². The zero-order valence-electron chi connectivity index (χ0n) is 19.6. The number of aryl methyl sites for hydroxylation is 1. The zero-order chi connectivity index (χ0) is 25.1. The smallest absolute Gasteiger partial charge is 0.374 e. The highest BCUT2D eigenvalue weighted by Crippen LogP contribution is 2.40. The van der Waals surface area contributed by atoms with Crippen LogP contribution in [0.25, 0.3) is 11.1 Å². The highest BCUT2D eigenvalue weighted by molar-refractivity contribution is 5.78. The first-order valence-electron chi connectivity index (χ1n) is 11.6. The zero-order valence-corrected chi connectivity index (χ0v) is 19.6. The van der Waals surface area contributed by atoms with Crippen molar-refractivity contribution in [3.63, 3.8) is 0 Å². The number of likely N-dealkylation sites (tertiary alicyclic amines) is 1. The van der Waals surface area contributed by atoms with Gasteiger partial charge in [0.2, 0.25) is 11.5 Å². The summed E-state index contributed by atoms with van der Waals surface area (Å²) in [5.41, 5.74) is 0.443. The van der Waals surface area contributed by atoms with Crippen molar-refractivity contribution in [2.75, 3.05) is 13.1 Å². The summed E-state index contributed by atoms with van der Waals surface area (Å²) < 4.78 is 42.3. The predicted molar refractivity (Wildman–Crippen MR) is 126 cm³/mol. The number of nitrogens with zero attached hydrogens (tertiary/aromatic N) is 3. The molecule has 186 valence electrons. The second-order valence-corrected chi connectivity index (χ2v) is 9.01. The van der Waals surface area contributed by atoms with Crippen molar-refractivity contribution in [1.82, 2.24) is 19.8 Å². The lowest BCUT2D eigenvalue weighted by atomic mass is 9.96. The second kappa shape index (κ2) is 10.2. The van der Waals surface area contributed by atoms with Gasteiger partial charge >= 0.3 is 6.18 Å². The lowest BCUT2D eigenvalue weighted by Gasteiger charge is -2.29. The first-order chi connectivity index (χ1) is 16.7. The van der Waals surface area contributed by atoms with Crippen molar-refractivity contribution < 1.29 is 23.1 Å². The number of imidazole rings is 1. The van der Waals surface area contributed by atoms with Crippen LogP contribution in [0.5, 0.6) is 0 Å². The Hall–Kier alpha value is -3.17. The Kier molecular flexibility index (Phi) is 7.28. The predicted octanol–water partition coefficient (Wildman–Crippen LogP) is 4.14. The monoisotopic (exact) mass is 486 g/mol. The third-order valence-electron chi connectivity index (χ3n) is 6.44. The second-order valence-electron chi connectivity index (χ2n) is 9.01. The Morgan fingerprint density at radius 3 is 2.40 bits per heavy atom. The molecule has 3 aromatic rings. The Bertz CT molecular complexity index is 1150. The van der Waals surface area contributed by atoms with Crippen molar-refractivity contribution in [3.8, 4) is 11.1 Å². The van der Waals surface area contributed by atoms with E-state index in [0.717, 1.165) is 47.1 Å². The molecular formula is C26H29F3N4O2. The molecule has 1 aliphatic rings. The number of aromatic nitrogens is 2. The molecule has 1 amide bonds. The number of nitrogens with one attached hydrogen (secondary N) is 1. The van der Waals surface area contributed by atoms with Gasteiger partial charge in [-0.2, -0.15) is 13.2 Å². The molecule has 1 atom stereocenters. The summed E-state index contributed by atoms with van der Waals surface area (Å²) in [6.07, 6.45) is -1.35. The van der Waals surface area contributed by atoms with E-state index in [1.807, 2.05) is 36.4 Å². The Balaban J connectivity index is 1.45. The summed E-state index contributed by atoms with van der Waals surface area (Å²) in [5, 5.41) is 13.0. The molecule has 1 fully saturated rings. The molecule has 0 spiro atoms. The van der Waals surface area contributed by atoms with Gasteiger partial charge in [0.15, 0.2) is 5.82 Å². The van der Waals surface area contributed by atoms with Crippen LogP contribution in [0.15, 0.2) is 60.9 Å². The van der Waals surface area contributed by atoms with Gasteiger partial charge in [0, 0.05) is 32.5 Å². The normalized spacial score (nSPS) is 16.3. The van der Waals surface area contributed by atoms with Crippen LogP contribution in [0.3, 0.4) is 0 Å². The average molecular weight is 487 g/mol. The number of carbonyl (C=O) groups is 1. The van der Waals surface area contributed by atoms with Crippen LogP contribution in [0.4, 0.5) is 13.2 Å². The summed E-state index contributed by atoms with van der Waals surface area (Å²) in [5.74, 6) is -1.56. The van der Waals surface area contributed by atoms with E-state index in [9.17, 15) is 23.1 Å². The number of carbonyl (C=O) groups excluding carboxylic acids is 1. The highest BCUT2D eigenvalue weighted by Gasteiger charge is 2.58. The molecule has 1 aliphatic heterocycles. The third kappa shape index (κ3) is 5.57. The SMILES string of the molecule is Cn1ccnc1C(O)(CC(=O)NCc1ccccc1-c1ccc(CN2CCCC2)cc1)C(F)(F)F. The topological polar surface area (TPSA) is 70.4 Å². The number of aliphatic hydroxyl groups is 1. The number of alkyl halides is 3. The molecule has 2 N–H and O–H groups in total. The summed E-state index contributed by atoms with van der Waals surface area (Å²) >= 11 is 0. The molecule has 0 bridgehead atoms. The minimum atomic E-state index is -5.07. The summed E-state index contributed by atoms with van der Waals surface area (Å²) in [4.78, 5) is 18.6. The fourth-order valence-corrected chi connectivity index (χ4v) is 4.50.